The molecule has 0 aliphatic rings. The molecule has 0 fully saturated rings. The molecule has 1 N–H and O–H groups in total. The maximum Gasteiger partial charge on any atom is 0.243 e. The molecule has 162 valence electrons. The van der Waals surface area contributed by atoms with Crippen molar-refractivity contribution in [1.29, 1.82) is 0 Å². The molecule has 0 saturated heterocycles. The highest BCUT2D eigenvalue weighted by molar-refractivity contribution is 6.42. The number of aryl methyl sites for hydroxylation is 1. The SMILES string of the molecule is CC[C@H](C(=O)N[C@@H](C)CC)N(Cc1ccc(Cl)c(Cl)c1)C(=O)Cc1ccccc1C. The zero-order valence-corrected chi connectivity index (χ0v) is 19.6. The van der Waals surface area contributed by atoms with E-state index < -0.39 is 6.04 Å². The van der Waals surface area contributed by atoms with E-state index in [1.54, 1.807) is 17.0 Å². The van der Waals surface area contributed by atoms with Crippen LogP contribution in [-0.4, -0.2) is 28.8 Å². The van der Waals surface area contributed by atoms with Gasteiger partial charge in [-0.05, 0) is 55.5 Å². The number of benzene rings is 2. The zero-order valence-electron chi connectivity index (χ0n) is 18.0. The highest BCUT2D eigenvalue weighted by Gasteiger charge is 2.29. The summed E-state index contributed by atoms with van der Waals surface area (Å²) in [5.41, 5.74) is 2.84. The molecule has 0 aliphatic carbocycles. The Hall–Kier alpha value is -2.04. The van der Waals surface area contributed by atoms with Gasteiger partial charge in [0.1, 0.15) is 6.04 Å². The van der Waals surface area contributed by atoms with Crippen LogP contribution in [-0.2, 0) is 22.6 Å². The molecule has 2 aromatic carbocycles. The van der Waals surface area contributed by atoms with E-state index in [1.807, 2.05) is 58.0 Å². The van der Waals surface area contributed by atoms with Gasteiger partial charge in [0.2, 0.25) is 11.8 Å². The quantitative estimate of drug-likeness (QED) is 0.545. The third-order valence-electron chi connectivity index (χ3n) is 5.33. The molecule has 30 heavy (non-hydrogen) atoms. The number of amides is 2. The monoisotopic (exact) mass is 448 g/mol. The van der Waals surface area contributed by atoms with Gasteiger partial charge in [0.25, 0.3) is 0 Å². The van der Waals surface area contributed by atoms with Crippen molar-refractivity contribution in [3.63, 3.8) is 0 Å². The van der Waals surface area contributed by atoms with Gasteiger partial charge in [-0.25, -0.2) is 0 Å². The summed E-state index contributed by atoms with van der Waals surface area (Å²) in [5.74, 6) is -0.230. The van der Waals surface area contributed by atoms with Gasteiger partial charge < -0.3 is 10.2 Å². The van der Waals surface area contributed by atoms with Crippen molar-refractivity contribution < 1.29 is 9.59 Å². The number of nitrogens with one attached hydrogen (secondary N) is 1. The van der Waals surface area contributed by atoms with Crippen molar-refractivity contribution in [1.82, 2.24) is 10.2 Å². The average molecular weight is 449 g/mol. The number of carbonyl (C=O) groups excluding carboxylic acids is 2. The zero-order chi connectivity index (χ0) is 22.3. The van der Waals surface area contributed by atoms with Crippen molar-refractivity contribution in [3.8, 4) is 0 Å². The Morgan fingerprint density at radius 2 is 1.73 bits per heavy atom. The fraction of sp³-hybridized carbons (Fsp3) is 0.417. The summed E-state index contributed by atoms with van der Waals surface area (Å²) < 4.78 is 0. The molecule has 2 atom stereocenters. The van der Waals surface area contributed by atoms with Crippen molar-refractivity contribution in [2.24, 2.45) is 0 Å². The first-order valence-corrected chi connectivity index (χ1v) is 11.1. The first kappa shape index (κ1) is 24.2. The number of halogens is 2. The highest BCUT2D eigenvalue weighted by Crippen LogP contribution is 2.24. The smallest absolute Gasteiger partial charge is 0.243 e. The van der Waals surface area contributed by atoms with Crippen LogP contribution in [0.1, 0.15) is 50.3 Å². The van der Waals surface area contributed by atoms with E-state index in [2.05, 4.69) is 5.32 Å². The third-order valence-corrected chi connectivity index (χ3v) is 6.07. The second-order valence-electron chi connectivity index (χ2n) is 7.62. The molecule has 6 heteroatoms. The molecular weight excluding hydrogens is 419 g/mol. The Labute approximate surface area is 189 Å². The summed E-state index contributed by atoms with van der Waals surface area (Å²) in [6, 6.07) is 12.6. The Kier molecular flexibility index (Phi) is 9.19. The van der Waals surface area contributed by atoms with Gasteiger partial charge >= 0.3 is 0 Å². The van der Waals surface area contributed by atoms with Crippen LogP contribution < -0.4 is 5.32 Å². The van der Waals surface area contributed by atoms with E-state index in [0.29, 0.717) is 16.5 Å². The Balaban J connectivity index is 2.34. The minimum Gasteiger partial charge on any atom is -0.352 e. The maximum atomic E-state index is 13.4. The lowest BCUT2D eigenvalue weighted by atomic mass is 10.0. The second kappa shape index (κ2) is 11.4. The second-order valence-corrected chi connectivity index (χ2v) is 8.43. The van der Waals surface area contributed by atoms with E-state index in [0.717, 1.165) is 23.1 Å². The Morgan fingerprint density at radius 1 is 1.03 bits per heavy atom. The molecule has 2 amide bonds. The van der Waals surface area contributed by atoms with Crippen LogP contribution in [0.25, 0.3) is 0 Å². The van der Waals surface area contributed by atoms with Gasteiger partial charge in [0, 0.05) is 12.6 Å². The van der Waals surface area contributed by atoms with Crippen LogP contribution in [0.4, 0.5) is 0 Å². The average Bonchev–Trinajstić information content (AvgIpc) is 2.72. The highest BCUT2D eigenvalue weighted by atomic mass is 35.5. The lowest BCUT2D eigenvalue weighted by molar-refractivity contribution is -0.141. The molecule has 2 rings (SSSR count). The fourth-order valence-corrected chi connectivity index (χ4v) is 3.59. The molecule has 2 aromatic rings. The molecule has 0 radical (unpaired) electrons. The summed E-state index contributed by atoms with van der Waals surface area (Å²) in [6.07, 6.45) is 1.58. The molecule has 0 spiro atoms. The minimum atomic E-state index is -0.565. The number of rotatable bonds is 9. The standard InChI is InChI=1S/C24H30Cl2N2O2/c1-5-17(4)27-24(30)22(6-2)28(15-18-11-12-20(25)21(26)13-18)23(29)14-19-10-8-7-9-16(19)3/h7-13,17,22H,5-6,14-15H2,1-4H3,(H,27,30)/t17-,22+/m0/s1. The largest absolute Gasteiger partial charge is 0.352 e. The predicted molar refractivity (Wildman–Crippen MR) is 124 cm³/mol. The predicted octanol–water partition coefficient (Wildman–Crippen LogP) is 5.57. The van der Waals surface area contributed by atoms with E-state index in [-0.39, 0.29) is 30.8 Å². The first-order chi connectivity index (χ1) is 14.3. The molecule has 0 aromatic heterocycles. The van der Waals surface area contributed by atoms with Crippen molar-refractivity contribution in [3.05, 3.63) is 69.2 Å². The number of hydrogen-bond donors (Lipinski definition) is 1. The van der Waals surface area contributed by atoms with Crippen molar-refractivity contribution in [2.75, 3.05) is 0 Å². The summed E-state index contributed by atoms with van der Waals surface area (Å²) in [5, 5.41) is 3.90. The van der Waals surface area contributed by atoms with Gasteiger partial charge in [-0.15, -0.1) is 0 Å². The van der Waals surface area contributed by atoms with Crippen molar-refractivity contribution >= 4 is 35.0 Å². The van der Waals surface area contributed by atoms with Crippen LogP contribution in [0.2, 0.25) is 10.0 Å². The summed E-state index contributed by atoms with van der Waals surface area (Å²) >= 11 is 12.2. The maximum absolute atomic E-state index is 13.4. The summed E-state index contributed by atoms with van der Waals surface area (Å²) in [4.78, 5) is 28.0. The van der Waals surface area contributed by atoms with Crippen molar-refractivity contribution in [2.45, 2.75) is 65.6 Å². The lowest BCUT2D eigenvalue weighted by Crippen LogP contribution is -2.51. The first-order valence-electron chi connectivity index (χ1n) is 10.3. The number of hydrogen-bond acceptors (Lipinski definition) is 2. The molecule has 0 saturated carbocycles. The summed E-state index contributed by atoms with van der Waals surface area (Å²) in [6.45, 7) is 8.17. The van der Waals surface area contributed by atoms with Crippen LogP contribution in [0, 0.1) is 6.92 Å². The number of carbonyl (C=O) groups is 2. The topological polar surface area (TPSA) is 49.4 Å². The third kappa shape index (κ3) is 6.48. The molecular formula is C24H30Cl2N2O2. The van der Waals surface area contributed by atoms with Crippen LogP contribution in [0.15, 0.2) is 42.5 Å². The van der Waals surface area contributed by atoms with E-state index in [9.17, 15) is 9.59 Å². The lowest BCUT2D eigenvalue weighted by Gasteiger charge is -2.32. The van der Waals surface area contributed by atoms with Gasteiger partial charge in [-0.2, -0.15) is 0 Å². The fourth-order valence-electron chi connectivity index (χ4n) is 3.27. The minimum absolute atomic E-state index is 0.0462. The molecule has 4 nitrogen and oxygen atoms in total. The van der Waals surface area contributed by atoms with Gasteiger partial charge in [0.15, 0.2) is 0 Å². The van der Waals surface area contributed by atoms with Gasteiger partial charge in [-0.3, -0.25) is 9.59 Å². The van der Waals surface area contributed by atoms with Crippen LogP contribution in [0.5, 0.6) is 0 Å². The van der Waals surface area contributed by atoms with Gasteiger partial charge in [0.05, 0.1) is 16.5 Å². The molecule has 0 unspecified atom stereocenters. The Bertz CT molecular complexity index is 885. The van der Waals surface area contributed by atoms with E-state index >= 15 is 0 Å². The number of nitrogens with zero attached hydrogens (tertiary/aromatic N) is 1. The van der Waals surface area contributed by atoms with E-state index in [1.165, 1.54) is 0 Å². The molecule has 0 heterocycles. The van der Waals surface area contributed by atoms with Crippen LogP contribution >= 0.6 is 23.2 Å². The Morgan fingerprint density at radius 3 is 2.33 bits per heavy atom. The normalized spacial score (nSPS) is 12.9. The summed E-state index contributed by atoms with van der Waals surface area (Å²) in [7, 11) is 0. The van der Waals surface area contributed by atoms with Gasteiger partial charge in [-0.1, -0.05) is 67.4 Å². The van der Waals surface area contributed by atoms with Crippen LogP contribution in [0.3, 0.4) is 0 Å². The van der Waals surface area contributed by atoms with E-state index in [4.69, 9.17) is 23.2 Å². The molecule has 0 aliphatic heterocycles. The molecule has 0 bridgehead atoms.